The van der Waals surface area contributed by atoms with Gasteiger partial charge in [0, 0.05) is 5.92 Å². The molecule has 2 aromatic rings. The van der Waals surface area contributed by atoms with Gasteiger partial charge in [-0.25, -0.2) is 0 Å². The van der Waals surface area contributed by atoms with Gasteiger partial charge in [0.1, 0.15) is 11.4 Å². The fraction of sp³-hybridized carbons (Fsp3) is 0.294. The van der Waals surface area contributed by atoms with E-state index in [0.29, 0.717) is 19.1 Å². The van der Waals surface area contributed by atoms with Gasteiger partial charge in [0.15, 0.2) is 0 Å². The lowest BCUT2D eigenvalue weighted by Crippen LogP contribution is -2.23. The minimum Gasteiger partial charge on any atom is -0.491 e. The average molecular weight is 283 g/mol. The van der Waals surface area contributed by atoms with Crippen molar-refractivity contribution >= 4 is 11.4 Å². The van der Waals surface area contributed by atoms with Gasteiger partial charge < -0.3 is 21.1 Å². The van der Waals surface area contributed by atoms with Gasteiger partial charge in [-0.15, -0.1) is 0 Å². The smallest absolute Gasteiger partial charge is 0.144 e. The van der Waals surface area contributed by atoms with E-state index in [4.69, 9.17) is 10.5 Å². The lowest BCUT2D eigenvalue weighted by atomic mass is 10.0. The molecule has 0 bridgehead atoms. The normalized spacial score (nSPS) is 14.0. The fourth-order valence-electron chi connectivity index (χ4n) is 2.57. The highest BCUT2D eigenvalue weighted by Crippen LogP contribution is 2.35. The van der Waals surface area contributed by atoms with Crippen molar-refractivity contribution in [3.63, 3.8) is 0 Å². The monoisotopic (exact) mass is 283 g/mol. The molecule has 0 saturated heterocycles. The summed E-state index contributed by atoms with van der Waals surface area (Å²) in [5.74, 6) is 1.21. The second-order valence-corrected chi connectivity index (χ2v) is 5.31. The van der Waals surface area contributed by atoms with Crippen LogP contribution in [0.5, 0.6) is 5.75 Å². The number of ether oxygens (including phenoxy) is 1. The van der Waals surface area contributed by atoms with Crippen LogP contribution >= 0.6 is 0 Å². The molecule has 0 spiro atoms. The minimum absolute atomic E-state index is 0.317. The molecule has 0 fully saturated rings. The lowest BCUT2D eigenvalue weighted by Gasteiger charge is -2.17. The molecule has 2 aromatic carbocycles. The zero-order valence-electron chi connectivity index (χ0n) is 12.0. The maximum atomic E-state index is 5.99. The predicted molar refractivity (Wildman–Crippen MR) is 86.7 cm³/mol. The Bertz CT molecular complexity index is 586. The molecule has 0 aromatic heterocycles. The maximum absolute atomic E-state index is 5.99. The summed E-state index contributed by atoms with van der Waals surface area (Å²) in [5, 5.41) is 6.56. The van der Waals surface area contributed by atoms with Crippen LogP contribution in [0.2, 0.25) is 0 Å². The summed E-state index contributed by atoms with van der Waals surface area (Å²) >= 11 is 0. The van der Waals surface area contributed by atoms with Gasteiger partial charge in [0.25, 0.3) is 0 Å². The van der Waals surface area contributed by atoms with Crippen LogP contribution in [0.1, 0.15) is 5.56 Å². The van der Waals surface area contributed by atoms with E-state index < -0.39 is 0 Å². The van der Waals surface area contributed by atoms with Crippen molar-refractivity contribution in [1.29, 1.82) is 0 Å². The zero-order valence-corrected chi connectivity index (χ0v) is 12.0. The zero-order chi connectivity index (χ0) is 14.5. The largest absolute Gasteiger partial charge is 0.491 e. The number of rotatable bonds is 6. The standard InChI is InChI=1S/C17H21N3O/c18-10-14(9-13-5-2-1-3-6-13)11-21-16-8-4-7-15-17(16)20-12-19-15/h1-8,14,19-20H,9-12,18H2. The molecule has 1 atom stereocenters. The third kappa shape index (κ3) is 3.28. The van der Waals surface area contributed by atoms with Crippen molar-refractivity contribution in [1.82, 2.24) is 0 Å². The number of hydrogen-bond acceptors (Lipinski definition) is 4. The van der Waals surface area contributed by atoms with Gasteiger partial charge in [-0.1, -0.05) is 36.4 Å². The van der Waals surface area contributed by atoms with Gasteiger partial charge in [0.05, 0.1) is 19.0 Å². The number of nitrogens with two attached hydrogens (primary N) is 1. The first kappa shape index (κ1) is 13.8. The maximum Gasteiger partial charge on any atom is 0.144 e. The average Bonchev–Trinajstić information content (AvgIpc) is 3.01. The van der Waals surface area contributed by atoms with Gasteiger partial charge in [0.2, 0.25) is 0 Å². The summed E-state index contributed by atoms with van der Waals surface area (Å²) in [6.45, 7) is 2.00. The topological polar surface area (TPSA) is 59.3 Å². The van der Waals surface area contributed by atoms with E-state index in [1.165, 1.54) is 5.56 Å². The van der Waals surface area contributed by atoms with E-state index in [9.17, 15) is 0 Å². The fourth-order valence-corrected chi connectivity index (χ4v) is 2.57. The minimum atomic E-state index is 0.317. The van der Waals surface area contributed by atoms with Crippen LogP contribution in [0.25, 0.3) is 0 Å². The van der Waals surface area contributed by atoms with E-state index in [1.807, 2.05) is 24.3 Å². The van der Waals surface area contributed by atoms with Crippen LogP contribution < -0.4 is 21.1 Å². The second-order valence-electron chi connectivity index (χ2n) is 5.31. The van der Waals surface area contributed by atoms with E-state index in [0.717, 1.165) is 30.2 Å². The number of hydrogen-bond donors (Lipinski definition) is 3. The van der Waals surface area contributed by atoms with Gasteiger partial charge in [-0.3, -0.25) is 0 Å². The van der Waals surface area contributed by atoms with Crippen molar-refractivity contribution < 1.29 is 4.74 Å². The van der Waals surface area contributed by atoms with Crippen LogP contribution in [-0.2, 0) is 6.42 Å². The van der Waals surface area contributed by atoms with Crippen molar-refractivity contribution in [2.75, 3.05) is 30.5 Å². The number of fused-ring (bicyclic) bond motifs is 1. The molecular weight excluding hydrogens is 262 g/mol. The molecule has 4 nitrogen and oxygen atoms in total. The Morgan fingerprint density at radius 2 is 1.90 bits per heavy atom. The van der Waals surface area contributed by atoms with Gasteiger partial charge >= 0.3 is 0 Å². The quantitative estimate of drug-likeness (QED) is 0.763. The first-order valence-electron chi connectivity index (χ1n) is 7.34. The summed E-state index contributed by atoms with van der Waals surface area (Å²) in [7, 11) is 0. The Kier molecular flexibility index (Phi) is 4.26. The third-order valence-corrected chi connectivity index (χ3v) is 3.75. The third-order valence-electron chi connectivity index (χ3n) is 3.75. The first-order valence-corrected chi connectivity index (χ1v) is 7.34. The molecule has 1 aliphatic heterocycles. The van der Waals surface area contributed by atoms with Crippen LogP contribution in [0, 0.1) is 5.92 Å². The van der Waals surface area contributed by atoms with E-state index in [-0.39, 0.29) is 0 Å². The van der Waals surface area contributed by atoms with Gasteiger partial charge in [-0.2, -0.15) is 0 Å². The first-order chi connectivity index (χ1) is 10.4. The molecular formula is C17H21N3O. The molecule has 1 aliphatic rings. The Morgan fingerprint density at radius 3 is 2.71 bits per heavy atom. The van der Waals surface area contributed by atoms with E-state index in [1.54, 1.807) is 0 Å². The Morgan fingerprint density at radius 1 is 1.05 bits per heavy atom. The predicted octanol–water partition coefficient (Wildman–Crippen LogP) is 2.68. The molecule has 21 heavy (non-hydrogen) atoms. The summed E-state index contributed by atoms with van der Waals surface area (Å²) in [4.78, 5) is 0. The Labute approximate surface area is 125 Å². The van der Waals surface area contributed by atoms with E-state index >= 15 is 0 Å². The molecule has 0 radical (unpaired) electrons. The number of anilines is 2. The molecule has 4 N–H and O–H groups in total. The van der Waals surface area contributed by atoms with Crippen molar-refractivity contribution in [2.45, 2.75) is 6.42 Å². The summed E-state index contributed by atoms with van der Waals surface area (Å²) in [5.41, 5.74) is 9.34. The molecule has 1 unspecified atom stereocenters. The molecule has 110 valence electrons. The molecule has 0 saturated carbocycles. The summed E-state index contributed by atoms with van der Waals surface area (Å²) in [6.07, 6.45) is 0.943. The highest BCUT2D eigenvalue weighted by molar-refractivity contribution is 5.79. The summed E-state index contributed by atoms with van der Waals surface area (Å²) < 4.78 is 5.99. The Balaban J connectivity index is 1.62. The molecule has 0 amide bonds. The van der Waals surface area contributed by atoms with Crippen molar-refractivity contribution in [3.8, 4) is 5.75 Å². The molecule has 1 heterocycles. The van der Waals surface area contributed by atoms with Gasteiger partial charge in [-0.05, 0) is 30.7 Å². The highest BCUT2D eigenvalue weighted by Gasteiger charge is 2.15. The molecule has 3 rings (SSSR count). The lowest BCUT2D eigenvalue weighted by molar-refractivity contribution is 0.253. The molecule has 0 aliphatic carbocycles. The van der Waals surface area contributed by atoms with Crippen molar-refractivity contribution in [2.24, 2.45) is 11.7 Å². The number of benzene rings is 2. The van der Waals surface area contributed by atoms with Crippen LogP contribution in [0.3, 0.4) is 0 Å². The van der Waals surface area contributed by atoms with Crippen LogP contribution in [0.15, 0.2) is 48.5 Å². The Hall–Kier alpha value is -2.20. The number of nitrogens with one attached hydrogen (secondary N) is 2. The van der Waals surface area contributed by atoms with Crippen molar-refractivity contribution in [3.05, 3.63) is 54.1 Å². The molecule has 4 heteroatoms. The number of para-hydroxylation sites is 1. The highest BCUT2D eigenvalue weighted by atomic mass is 16.5. The second kappa shape index (κ2) is 6.50. The van der Waals surface area contributed by atoms with Crippen LogP contribution in [0.4, 0.5) is 11.4 Å². The SMILES string of the molecule is NCC(COc1cccc2c1NCN2)Cc1ccccc1. The summed E-state index contributed by atoms with van der Waals surface area (Å²) in [6, 6.07) is 16.5. The van der Waals surface area contributed by atoms with Crippen LogP contribution in [-0.4, -0.2) is 19.8 Å². The van der Waals surface area contributed by atoms with E-state index in [2.05, 4.69) is 34.9 Å².